The first-order valence-corrected chi connectivity index (χ1v) is 17.3. The smallest absolute Gasteiger partial charge is 0.256 e. The van der Waals surface area contributed by atoms with Crippen molar-refractivity contribution in [2.45, 2.75) is 24.6 Å². The van der Waals surface area contributed by atoms with Gasteiger partial charge in [-0.2, -0.15) is 0 Å². The maximum Gasteiger partial charge on any atom is 0.256 e. The Morgan fingerprint density at radius 3 is 0.825 bits per heavy atom. The summed E-state index contributed by atoms with van der Waals surface area (Å²) in [5, 5.41) is 0. The van der Waals surface area contributed by atoms with Gasteiger partial charge in [0.2, 0.25) is 0 Å². The Balaban J connectivity index is 1.47. The van der Waals surface area contributed by atoms with Gasteiger partial charge in [0.25, 0.3) is 14.7 Å². The lowest BCUT2D eigenvalue weighted by molar-refractivity contribution is 0.443. The molecule has 202 valence electrons. The molecule has 0 radical (unpaired) electrons. The van der Waals surface area contributed by atoms with E-state index >= 15 is 0 Å². The van der Waals surface area contributed by atoms with Crippen molar-refractivity contribution in [2.24, 2.45) is 0 Å². The minimum absolute atomic E-state index is 0.267. The van der Waals surface area contributed by atoms with E-state index in [1.54, 1.807) is 12.1 Å². The molecule has 5 aromatic carbocycles. The molecular weight excluding hydrogens is 534 g/mol. The van der Waals surface area contributed by atoms with Crippen LogP contribution in [0.15, 0.2) is 146 Å². The number of hydrogen-bond donors (Lipinski definition) is 0. The molecule has 0 heterocycles. The van der Waals surface area contributed by atoms with E-state index in [4.69, 9.17) is 9.05 Å². The molecule has 0 saturated carbocycles. The van der Waals surface area contributed by atoms with Gasteiger partial charge in [0.15, 0.2) is 11.5 Å². The Bertz CT molecular complexity index is 1380. The van der Waals surface area contributed by atoms with Gasteiger partial charge in [-0.1, -0.05) is 133 Å². The summed E-state index contributed by atoms with van der Waals surface area (Å²) in [6, 6.07) is 46.0. The molecule has 0 aliphatic carbocycles. The van der Waals surface area contributed by atoms with E-state index in [1.807, 2.05) is 133 Å². The summed E-state index contributed by atoms with van der Waals surface area (Å²) >= 11 is 0. The lowest BCUT2D eigenvalue weighted by Gasteiger charge is -2.25. The van der Waals surface area contributed by atoms with Crippen LogP contribution in [0.4, 0.5) is 0 Å². The maximum absolute atomic E-state index is 14.5. The van der Waals surface area contributed by atoms with Crippen molar-refractivity contribution in [1.29, 1.82) is 0 Å². The van der Waals surface area contributed by atoms with E-state index in [1.165, 1.54) is 0 Å². The van der Waals surface area contributed by atoms with E-state index in [2.05, 4.69) is 0 Å². The lowest BCUT2D eigenvalue weighted by Crippen LogP contribution is -2.04. The SMILES string of the molecule is O=P(Cc1ccccc1)(Cc1ccccc1)Oc1ccccc1OP(=O)(Cc1ccccc1)Cc1ccccc1. The van der Waals surface area contributed by atoms with Crippen molar-refractivity contribution in [3.8, 4) is 11.5 Å². The zero-order chi connectivity index (χ0) is 27.7. The van der Waals surface area contributed by atoms with Crippen LogP contribution in [-0.4, -0.2) is 0 Å². The molecule has 0 amide bonds. The Kier molecular flexibility index (Phi) is 9.01. The van der Waals surface area contributed by atoms with Gasteiger partial charge in [-0.05, 0) is 34.4 Å². The predicted octanol–water partition coefficient (Wildman–Crippen LogP) is 9.80. The van der Waals surface area contributed by atoms with E-state index < -0.39 is 14.7 Å². The van der Waals surface area contributed by atoms with Gasteiger partial charge in [0, 0.05) is 0 Å². The second-order valence-corrected chi connectivity index (χ2v) is 14.7. The molecule has 40 heavy (non-hydrogen) atoms. The third kappa shape index (κ3) is 7.85. The normalized spacial score (nSPS) is 11.6. The van der Waals surface area contributed by atoms with Crippen molar-refractivity contribution in [1.82, 2.24) is 0 Å². The first kappa shape index (κ1) is 27.7. The summed E-state index contributed by atoms with van der Waals surface area (Å²) < 4.78 is 41.7. The maximum atomic E-state index is 14.5. The summed E-state index contributed by atoms with van der Waals surface area (Å²) in [4.78, 5) is 0. The highest BCUT2D eigenvalue weighted by atomic mass is 31.2. The first-order valence-electron chi connectivity index (χ1n) is 13.3. The van der Waals surface area contributed by atoms with Crippen molar-refractivity contribution in [3.63, 3.8) is 0 Å². The number of para-hydroxylation sites is 2. The molecule has 6 heteroatoms. The molecule has 0 saturated heterocycles. The van der Waals surface area contributed by atoms with Gasteiger partial charge >= 0.3 is 0 Å². The summed E-state index contributed by atoms with van der Waals surface area (Å²) in [5.74, 6) is 0.665. The van der Waals surface area contributed by atoms with Crippen LogP contribution < -0.4 is 9.05 Å². The minimum Gasteiger partial charge on any atom is -0.438 e. The van der Waals surface area contributed by atoms with Gasteiger partial charge in [0.1, 0.15) is 0 Å². The monoisotopic (exact) mass is 566 g/mol. The average Bonchev–Trinajstić information content (AvgIpc) is 2.96. The molecular formula is C34H32O4P2. The molecule has 0 unspecified atom stereocenters. The number of rotatable bonds is 12. The fraction of sp³-hybridized carbons (Fsp3) is 0.118. The molecule has 5 rings (SSSR count). The Hall–Kier alpha value is -3.84. The molecule has 0 N–H and O–H groups in total. The van der Waals surface area contributed by atoms with Crippen LogP contribution in [0.25, 0.3) is 0 Å². The Morgan fingerprint density at radius 1 is 0.350 bits per heavy atom. The second-order valence-electron chi connectivity index (χ2n) is 9.83. The largest absolute Gasteiger partial charge is 0.438 e. The third-order valence-electron chi connectivity index (χ3n) is 6.44. The zero-order valence-electron chi connectivity index (χ0n) is 22.2. The minimum atomic E-state index is -3.28. The van der Waals surface area contributed by atoms with E-state index in [0.717, 1.165) is 22.3 Å². The van der Waals surface area contributed by atoms with Crippen LogP contribution in [0.2, 0.25) is 0 Å². The van der Waals surface area contributed by atoms with Crippen molar-refractivity contribution in [2.75, 3.05) is 0 Å². The number of benzene rings is 5. The molecule has 0 spiro atoms. The highest BCUT2D eigenvalue weighted by Gasteiger charge is 2.31. The molecule has 4 nitrogen and oxygen atoms in total. The summed E-state index contributed by atoms with van der Waals surface area (Å²) in [6.07, 6.45) is 1.07. The van der Waals surface area contributed by atoms with E-state index in [9.17, 15) is 9.13 Å². The third-order valence-corrected chi connectivity index (χ3v) is 10.9. The van der Waals surface area contributed by atoms with Crippen molar-refractivity contribution >= 4 is 14.7 Å². The molecule has 5 aromatic rings. The van der Waals surface area contributed by atoms with Gasteiger partial charge in [-0.15, -0.1) is 0 Å². The molecule has 0 atom stereocenters. The topological polar surface area (TPSA) is 52.6 Å². The van der Waals surface area contributed by atoms with Crippen LogP contribution in [0.3, 0.4) is 0 Å². The van der Waals surface area contributed by atoms with E-state index in [0.29, 0.717) is 11.5 Å². The molecule has 0 fully saturated rings. The van der Waals surface area contributed by atoms with Gasteiger partial charge in [-0.3, -0.25) is 9.13 Å². The van der Waals surface area contributed by atoms with Gasteiger partial charge in [0.05, 0.1) is 24.6 Å². The van der Waals surface area contributed by atoms with E-state index in [-0.39, 0.29) is 24.6 Å². The van der Waals surface area contributed by atoms with Crippen LogP contribution in [-0.2, 0) is 33.8 Å². The highest BCUT2D eigenvalue weighted by Crippen LogP contribution is 2.58. The molecule has 0 aliphatic heterocycles. The van der Waals surface area contributed by atoms with Crippen molar-refractivity contribution < 1.29 is 18.2 Å². The molecule has 0 aromatic heterocycles. The average molecular weight is 567 g/mol. The second kappa shape index (κ2) is 13.0. The predicted molar refractivity (Wildman–Crippen MR) is 163 cm³/mol. The molecule has 0 bridgehead atoms. The summed E-state index contributed by atoms with van der Waals surface area (Å²) in [6.45, 7) is 0. The van der Waals surface area contributed by atoms with Crippen LogP contribution in [0.5, 0.6) is 11.5 Å². The summed E-state index contributed by atoms with van der Waals surface area (Å²) in [7, 11) is -6.56. The van der Waals surface area contributed by atoms with Crippen LogP contribution in [0.1, 0.15) is 22.3 Å². The fourth-order valence-corrected chi connectivity index (χ4v) is 9.22. The Morgan fingerprint density at radius 2 is 0.575 bits per heavy atom. The number of hydrogen-bond acceptors (Lipinski definition) is 4. The van der Waals surface area contributed by atoms with Crippen LogP contribution in [0, 0.1) is 0 Å². The standard InChI is InChI=1S/C34H32O4P2/c35-39(25-29-15-5-1-6-16-29,26-30-17-7-2-8-18-30)37-33-23-13-14-24-34(33)38-40(36,27-31-19-9-3-10-20-31)28-32-21-11-4-12-22-32/h1-24H,25-28H2. The van der Waals surface area contributed by atoms with Gasteiger partial charge < -0.3 is 9.05 Å². The quantitative estimate of drug-likeness (QED) is 0.141. The van der Waals surface area contributed by atoms with Gasteiger partial charge in [-0.25, -0.2) is 0 Å². The first-order chi connectivity index (χ1) is 19.5. The van der Waals surface area contributed by atoms with Crippen molar-refractivity contribution in [3.05, 3.63) is 168 Å². The molecule has 0 aliphatic rings. The Labute approximate surface area is 236 Å². The summed E-state index contributed by atoms with van der Waals surface area (Å²) in [5.41, 5.74) is 3.72. The fourth-order valence-electron chi connectivity index (χ4n) is 4.65. The lowest BCUT2D eigenvalue weighted by atomic mass is 10.2. The highest BCUT2D eigenvalue weighted by molar-refractivity contribution is 7.58. The zero-order valence-corrected chi connectivity index (χ0v) is 24.0. The van der Waals surface area contributed by atoms with Crippen LogP contribution >= 0.6 is 14.7 Å².